The number of piperidine rings is 1. The summed E-state index contributed by atoms with van der Waals surface area (Å²) < 4.78 is 0. The molecule has 1 unspecified atom stereocenters. The fourth-order valence-electron chi connectivity index (χ4n) is 1.86. The zero-order chi connectivity index (χ0) is 13.0. The van der Waals surface area contributed by atoms with Crippen molar-refractivity contribution in [2.75, 3.05) is 12.3 Å². The quantitative estimate of drug-likeness (QED) is 0.678. The molecule has 1 atom stereocenters. The summed E-state index contributed by atoms with van der Waals surface area (Å²) in [6.07, 6.45) is 3.24. The molecule has 0 aromatic carbocycles. The number of rotatable bonds is 3. The molecule has 1 aliphatic heterocycles. The predicted molar refractivity (Wildman–Crippen MR) is 66.5 cm³/mol. The Kier molecular flexibility index (Phi) is 3.76. The van der Waals surface area contributed by atoms with E-state index in [0.717, 1.165) is 6.42 Å². The number of nitrogens with one attached hydrogen (secondary N) is 2. The number of amides is 2. The van der Waals surface area contributed by atoms with E-state index in [2.05, 4.69) is 15.6 Å². The van der Waals surface area contributed by atoms with E-state index >= 15 is 0 Å². The van der Waals surface area contributed by atoms with Crippen molar-refractivity contribution in [2.24, 2.45) is 0 Å². The molecule has 1 saturated heterocycles. The van der Waals surface area contributed by atoms with Crippen molar-refractivity contribution in [3.8, 4) is 0 Å². The maximum atomic E-state index is 11.7. The Morgan fingerprint density at radius 1 is 1.56 bits per heavy atom. The Morgan fingerprint density at radius 2 is 2.39 bits per heavy atom. The summed E-state index contributed by atoms with van der Waals surface area (Å²) in [7, 11) is 0. The minimum Gasteiger partial charge on any atom is -0.397 e. The molecule has 1 aliphatic rings. The van der Waals surface area contributed by atoms with E-state index in [1.165, 1.54) is 6.20 Å². The average Bonchev–Trinajstić information content (AvgIpc) is 2.35. The molecule has 1 fully saturated rings. The van der Waals surface area contributed by atoms with Gasteiger partial charge in [-0.25, -0.2) is 0 Å². The van der Waals surface area contributed by atoms with Crippen molar-refractivity contribution in [1.29, 1.82) is 0 Å². The second kappa shape index (κ2) is 5.48. The van der Waals surface area contributed by atoms with Crippen molar-refractivity contribution in [2.45, 2.75) is 25.3 Å². The molecule has 2 rings (SSSR count). The summed E-state index contributed by atoms with van der Waals surface area (Å²) in [5.74, 6) is -0.311. The first kappa shape index (κ1) is 12.3. The molecule has 6 heteroatoms. The van der Waals surface area contributed by atoms with E-state index in [1.807, 2.05) is 0 Å². The van der Waals surface area contributed by atoms with Crippen LogP contribution in [0.25, 0.3) is 0 Å². The largest absolute Gasteiger partial charge is 0.397 e. The number of nitrogens with zero attached hydrogens (tertiary/aromatic N) is 1. The molecule has 0 aliphatic carbocycles. The van der Waals surface area contributed by atoms with Crippen LogP contribution in [0.15, 0.2) is 18.3 Å². The predicted octanol–water partition coefficient (Wildman–Crippen LogP) is -0.399. The molecule has 96 valence electrons. The third-order valence-corrected chi connectivity index (χ3v) is 2.81. The SMILES string of the molecule is Nc1ccc(CC(=O)NC2CCCNC2=O)nc1. The Bertz CT molecular complexity index is 444. The number of nitrogen functional groups attached to an aromatic ring is 1. The Balaban J connectivity index is 1.88. The van der Waals surface area contributed by atoms with Gasteiger partial charge in [0.2, 0.25) is 11.8 Å². The smallest absolute Gasteiger partial charge is 0.242 e. The fourth-order valence-corrected chi connectivity index (χ4v) is 1.86. The van der Waals surface area contributed by atoms with Crippen LogP contribution in [0.3, 0.4) is 0 Å². The molecule has 2 heterocycles. The zero-order valence-corrected chi connectivity index (χ0v) is 9.98. The van der Waals surface area contributed by atoms with Gasteiger partial charge in [0.25, 0.3) is 0 Å². The highest BCUT2D eigenvalue weighted by Gasteiger charge is 2.23. The maximum Gasteiger partial charge on any atom is 0.242 e. The number of hydrogen-bond donors (Lipinski definition) is 3. The van der Waals surface area contributed by atoms with Crippen LogP contribution in [-0.2, 0) is 16.0 Å². The molecule has 6 nitrogen and oxygen atoms in total. The summed E-state index contributed by atoms with van der Waals surface area (Å²) in [5.41, 5.74) is 6.71. The normalized spacial score (nSPS) is 19.1. The van der Waals surface area contributed by atoms with Crippen molar-refractivity contribution < 1.29 is 9.59 Å². The minimum atomic E-state index is -0.417. The first-order valence-corrected chi connectivity index (χ1v) is 5.92. The summed E-state index contributed by atoms with van der Waals surface area (Å²) in [4.78, 5) is 27.3. The lowest BCUT2D eigenvalue weighted by molar-refractivity contribution is -0.129. The molecule has 1 aromatic rings. The van der Waals surface area contributed by atoms with Crippen LogP contribution in [0.1, 0.15) is 18.5 Å². The molecule has 0 spiro atoms. The van der Waals surface area contributed by atoms with Crippen LogP contribution in [0.2, 0.25) is 0 Å². The number of hydrogen-bond acceptors (Lipinski definition) is 4. The van der Waals surface area contributed by atoms with Crippen molar-refractivity contribution >= 4 is 17.5 Å². The average molecular weight is 248 g/mol. The molecule has 1 aromatic heterocycles. The van der Waals surface area contributed by atoms with Crippen LogP contribution in [0, 0.1) is 0 Å². The van der Waals surface area contributed by atoms with Gasteiger partial charge in [-0.3, -0.25) is 14.6 Å². The van der Waals surface area contributed by atoms with Crippen LogP contribution in [-0.4, -0.2) is 29.4 Å². The zero-order valence-electron chi connectivity index (χ0n) is 9.98. The highest BCUT2D eigenvalue weighted by Crippen LogP contribution is 2.05. The summed E-state index contributed by atoms with van der Waals surface area (Å²) >= 11 is 0. The lowest BCUT2D eigenvalue weighted by Gasteiger charge is -2.22. The molecular formula is C12H16N4O2. The van der Waals surface area contributed by atoms with Gasteiger partial charge in [-0.05, 0) is 25.0 Å². The van der Waals surface area contributed by atoms with Gasteiger partial charge in [-0.15, -0.1) is 0 Å². The van der Waals surface area contributed by atoms with E-state index in [1.54, 1.807) is 12.1 Å². The summed E-state index contributed by atoms with van der Waals surface area (Å²) in [5, 5.41) is 5.43. The second-order valence-corrected chi connectivity index (χ2v) is 4.31. The maximum absolute atomic E-state index is 11.7. The first-order valence-electron chi connectivity index (χ1n) is 5.92. The lowest BCUT2D eigenvalue weighted by atomic mass is 10.1. The number of aromatic nitrogens is 1. The molecule has 0 saturated carbocycles. The first-order chi connectivity index (χ1) is 8.65. The molecule has 2 amide bonds. The topological polar surface area (TPSA) is 97.1 Å². The Labute approximate surface area is 105 Å². The van der Waals surface area contributed by atoms with E-state index < -0.39 is 6.04 Å². The number of nitrogens with two attached hydrogens (primary N) is 1. The monoisotopic (exact) mass is 248 g/mol. The summed E-state index contributed by atoms with van der Waals surface area (Å²) in [6.45, 7) is 0.685. The van der Waals surface area contributed by atoms with Gasteiger partial charge in [0, 0.05) is 12.2 Å². The van der Waals surface area contributed by atoms with Gasteiger partial charge >= 0.3 is 0 Å². The minimum absolute atomic E-state index is 0.111. The van der Waals surface area contributed by atoms with E-state index in [4.69, 9.17) is 5.73 Å². The third-order valence-electron chi connectivity index (χ3n) is 2.81. The highest BCUT2D eigenvalue weighted by molar-refractivity contribution is 5.88. The number of anilines is 1. The summed E-state index contributed by atoms with van der Waals surface area (Å²) in [6, 6.07) is 2.98. The van der Waals surface area contributed by atoms with E-state index in [0.29, 0.717) is 24.3 Å². The van der Waals surface area contributed by atoms with Crippen LogP contribution in [0.5, 0.6) is 0 Å². The lowest BCUT2D eigenvalue weighted by Crippen LogP contribution is -2.50. The van der Waals surface area contributed by atoms with Gasteiger partial charge < -0.3 is 16.4 Å². The van der Waals surface area contributed by atoms with Crippen molar-refractivity contribution in [3.63, 3.8) is 0 Å². The van der Waals surface area contributed by atoms with Gasteiger partial charge in [0.05, 0.1) is 18.3 Å². The molecular weight excluding hydrogens is 232 g/mol. The van der Waals surface area contributed by atoms with Crippen molar-refractivity contribution in [3.05, 3.63) is 24.0 Å². The molecule has 18 heavy (non-hydrogen) atoms. The highest BCUT2D eigenvalue weighted by atomic mass is 16.2. The Morgan fingerprint density at radius 3 is 3.06 bits per heavy atom. The van der Waals surface area contributed by atoms with Crippen LogP contribution in [0.4, 0.5) is 5.69 Å². The van der Waals surface area contributed by atoms with E-state index in [9.17, 15) is 9.59 Å². The molecule has 0 radical (unpaired) electrons. The van der Waals surface area contributed by atoms with Crippen molar-refractivity contribution in [1.82, 2.24) is 15.6 Å². The van der Waals surface area contributed by atoms with Gasteiger partial charge in [0.15, 0.2) is 0 Å². The third kappa shape index (κ3) is 3.19. The molecule has 0 bridgehead atoms. The number of carbonyl (C=O) groups is 2. The second-order valence-electron chi connectivity index (χ2n) is 4.31. The van der Waals surface area contributed by atoms with Gasteiger partial charge in [0.1, 0.15) is 6.04 Å². The fraction of sp³-hybridized carbons (Fsp3) is 0.417. The number of carbonyl (C=O) groups excluding carboxylic acids is 2. The van der Waals surface area contributed by atoms with Crippen LogP contribution >= 0.6 is 0 Å². The van der Waals surface area contributed by atoms with Gasteiger partial charge in [-0.2, -0.15) is 0 Å². The standard InChI is InChI=1S/C12H16N4O2/c13-8-3-4-9(15-7-8)6-11(17)16-10-2-1-5-14-12(10)18/h3-4,7,10H,1-2,5-6,13H2,(H,14,18)(H,16,17). The Hall–Kier alpha value is -2.11. The van der Waals surface area contributed by atoms with E-state index in [-0.39, 0.29) is 18.2 Å². The van der Waals surface area contributed by atoms with Crippen LogP contribution < -0.4 is 16.4 Å². The number of pyridine rings is 1. The van der Waals surface area contributed by atoms with Gasteiger partial charge in [-0.1, -0.05) is 0 Å². The molecule has 4 N–H and O–H groups in total.